The molecule has 1 heterocycles. The first-order valence-corrected chi connectivity index (χ1v) is 6.21. The van der Waals surface area contributed by atoms with Crippen molar-refractivity contribution < 1.29 is 0 Å². The second-order valence-corrected chi connectivity index (χ2v) is 4.61. The largest absolute Gasteiger partial charge is 0.310 e. The molecule has 0 bridgehead atoms. The maximum atomic E-state index is 6.26. The number of hydrogen-bond acceptors (Lipinski definition) is 1. The fourth-order valence-corrected chi connectivity index (χ4v) is 2.64. The monoisotopic (exact) mass is 223 g/mol. The maximum Gasteiger partial charge on any atom is 0.0441 e. The Labute approximate surface area is 96.8 Å². The number of hydrogen-bond donors (Lipinski definition) is 1. The molecule has 1 aromatic rings. The number of benzene rings is 1. The van der Waals surface area contributed by atoms with Crippen molar-refractivity contribution in [1.29, 1.82) is 0 Å². The van der Waals surface area contributed by atoms with Gasteiger partial charge >= 0.3 is 0 Å². The molecular weight excluding hydrogens is 206 g/mol. The third kappa shape index (κ3) is 2.35. The zero-order valence-electron chi connectivity index (χ0n) is 9.22. The van der Waals surface area contributed by atoms with Gasteiger partial charge in [0.2, 0.25) is 0 Å². The van der Waals surface area contributed by atoms with Gasteiger partial charge in [0.25, 0.3) is 0 Å². The van der Waals surface area contributed by atoms with Crippen molar-refractivity contribution in [3.8, 4) is 0 Å². The molecule has 15 heavy (non-hydrogen) atoms. The summed E-state index contributed by atoms with van der Waals surface area (Å²) in [7, 11) is 0. The molecule has 1 atom stereocenters. The lowest BCUT2D eigenvalue weighted by Gasteiger charge is -2.16. The Morgan fingerprint density at radius 1 is 1.47 bits per heavy atom. The van der Waals surface area contributed by atoms with Crippen LogP contribution in [0.4, 0.5) is 0 Å². The van der Waals surface area contributed by atoms with Gasteiger partial charge in [-0.1, -0.05) is 37.1 Å². The van der Waals surface area contributed by atoms with E-state index in [9.17, 15) is 0 Å². The van der Waals surface area contributed by atoms with Crippen LogP contribution in [0.15, 0.2) is 18.2 Å². The highest BCUT2D eigenvalue weighted by Crippen LogP contribution is 2.30. The highest BCUT2D eigenvalue weighted by atomic mass is 35.5. The van der Waals surface area contributed by atoms with Crippen molar-refractivity contribution in [3.63, 3.8) is 0 Å². The first-order chi connectivity index (χ1) is 7.33. The quantitative estimate of drug-likeness (QED) is 0.824. The molecule has 0 spiro atoms. The van der Waals surface area contributed by atoms with E-state index < -0.39 is 0 Å². The summed E-state index contributed by atoms with van der Waals surface area (Å²) in [6, 6.07) is 6.83. The van der Waals surface area contributed by atoms with E-state index in [1.165, 1.54) is 24.0 Å². The van der Waals surface area contributed by atoms with Gasteiger partial charge in [0, 0.05) is 11.1 Å². The molecule has 1 N–H and O–H groups in total. The summed E-state index contributed by atoms with van der Waals surface area (Å²) in [6.45, 7) is 3.35. The molecule has 1 aliphatic heterocycles. The summed E-state index contributed by atoms with van der Waals surface area (Å²) in [4.78, 5) is 0. The van der Waals surface area contributed by atoms with Crippen molar-refractivity contribution in [2.45, 2.75) is 38.6 Å². The lowest BCUT2D eigenvalue weighted by molar-refractivity contribution is 0.638. The molecule has 1 nitrogen and oxygen atoms in total. The van der Waals surface area contributed by atoms with E-state index in [-0.39, 0.29) is 0 Å². The van der Waals surface area contributed by atoms with Crippen LogP contribution in [0.1, 0.15) is 43.4 Å². The summed E-state index contributed by atoms with van der Waals surface area (Å²) < 4.78 is 0. The summed E-state index contributed by atoms with van der Waals surface area (Å²) in [5.74, 6) is 0. The molecule has 1 saturated heterocycles. The van der Waals surface area contributed by atoms with Crippen LogP contribution in [0.2, 0.25) is 5.02 Å². The molecule has 1 fully saturated rings. The first kappa shape index (κ1) is 11.0. The fraction of sp³-hybridized carbons (Fsp3) is 0.538. The molecule has 1 unspecified atom stereocenters. The Morgan fingerprint density at radius 2 is 2.33 bits per heavy atom. The van der Waals surface area contributed by atoms with Crippen molar-refractivity contribution in [2.24, 2.45) is 0 Å². The Balaban J connectivity index is 2.31. The van der Waals surface area contributed by atoms with Crippen molar-refractivity contribution in [1.82, 2.24) is 5.32 Å². The molecule has 2 heteroatoms. The molecule has 0 aliphatic carbocycles. The van der Waals surface area contributed by atoms with E-state index in [2.05, 4.69) is 24.4 Å². The van der Waals surface area contributed by atoms with Gasteiger partial charge in [-0.25, -0.2) is 0 Å². The third-order valence-electron chi connectivity index (χ3n) is 3.09. The highest BCUT2D eigenvalue weighted by Gasteiger charge is 2.19. The van der Waals surface area contributed by atoms with Crippen molar-refractivity contribution in [2.75, 3.05) is 6.54 Å². The normalized spacial score (nSPS) is 20.8. The summed E-state index contributed by atoms with van der Waals surface area (Å²) in [5, 5.41) is 4.47. The van der Waals surface area contributed by atoms with Gasteiger partial charge < -0.3 is 5.32 Å². The molecule has 1 aliphatic rings. The minimum atomic E-state index is 0.533. The number of rotatable bonds is 3. The molecule has 0 saturated carbocycles. The minimum Gasteiger partial charge on any atom is -0.310 e. The lowest BCUT2D eigenvalue weighted by Crippen LogP contribution is -2.14. The van der Waals surface area contributed by atoms with Crippen LogP contribution < -0.4 is 5.32 Å². The van der Waals surface area contributed by atoms with E-state index in [0.717, 1.165) is 24.4 Å². The highest BCUT2D eigenvalue weighted by molar-refractivity contribution is 6.31. The van der Waals surface area contributed by atoms with Gasteiger partial charge in [-0.2, -0.15) is 0 Å². The van der Waals surface area contributed by atoms with E-state index in [1.54, 1.807) is 0 Å². The van der Waals surface area contributed by atoms with Gasteiger partial charge in [0.15, 0.2) is 0 Å². The van der Waals surface area contributed by atoms with E-state index in [0.29, 0.717) is 6.04 Å². The lowest BCUT2D eigenvalue weighted by atomic mass is 9.96. The Morgan fingerprint density at radius 3 is 3.00 bits per heavy atom. The van der Waals surface area contributed by atoms with Crippen molar-refractivity contribution >= 4 is 11.6 Å². The van der Waals surface area contributed by atoms with Crippen LogP contribution >= 0.6 is 11.6 Å². The molecule has 0 radical (unpaired) electrons. The standard InChI is InChI=1S/C13H18ClN/c1-2-5-10-11(6-3-7-12(10)14)13-8-4-9-15-13/h3,6-7,13,15H,2,4-5,8-9H2,1H3. The van der Waals surface area contributed by atoms with E-state index in [1.807, 2.05) is 6.07 Å². The smallest absolute Gasteiger partial charge is 0.0441 e. The predicted molar refractivity (Wildman–Crippen MR) is 65.4 cm³/mol. The van der Waals surface area contributed by atoms with Crippen molar-refractivity contribution in [3.05, 3.63) is 34.3 Å². The first-order valence-electron chi connectivity index (χ1n) is 5.83. The van der Waals surface area contributed by atoms with Gasteiger partial charge in [0.1, 0.15) is 0 Å². The van der Waals surface area contributed by atoms with Gasteiger partial charge in [-0.05, 0) is 43.0 Å². The van der Waals surface area contributed by atoms with Crippen LogP contribution in [0, 0.1) is 0 Å². The average Bonchev–Trinajstić information content (AvgIpc) is 2.74. The number of halogens is 1. The second kappa shape index (κ2) is 5.00. The van der Waals surface area contributed by atoms with Crippen LogP contribution in [-0.2, 0) is 6.42 Å². The summed E-state index contributed by atoms with van der Waals surface area (Å²) in [6.07, 6.45) is 4.77. The molecule has 1 aromatic carbocycles. The average molecular weight is 224 g/mol. The molecule has 0 aromatic heterocycles. The zero-order chi connectivity index (χ0) is 10.7. The third-order valence-corrected chi connectivity index (χ3v) is 3.44. The SMILES string of the molecule is CCCc1c(Cl)cccc1C1CCCN1. The topological polar surface area (TPSA) is 12.0 Å². The van der Waals surface area contributed by atoms with E-state index in [4.69, 9.17) is 11.6 Å². The molecule has 2 rings (SSSR count). The van der Waals surface area contributed by atoms with Gasteiger partial charge in [0.05, 0.1) is 0 Å². The summed E-state index contributed by atoms with van der Waals surface area (Å²) >= 11 is 6.26. The molecule has 0 amide bonds. The Kier molecular flexibility index (Phi) is 3.66. The van der Waals surface area contributed by atoms with Crippen LogP contribution in [0.25, 0.3) is 0 Å². The second-order valence-electron chi connectivity index (χ2n) is 4.21. The predicted octanol–water partition coefficient (Wildman–Crippen LogP) is 3.72. The van der Waals surface area contributed by atoms with Gasteiger partial charge in [-0.15, -0.1) is 0 Å². The Hall–Kier alpha value is -0.530. The fourth-order valence-electron chi connectivity index (χ4n) is 2.37. The van der Waals surface area contributed by atoms with Crippen LogP contribution in [0.3, 0.4) is 0 Å². The zero-order valence-corrected chi connectivity index (χ0v) is 9.98. The van der Waals surface area contributed by atoms with Crippen LogP contribution in [-0.4, -0.2) is 6.54 Å². The molecule has 82 valence electrons. The van der Waals surface area contributed by atoms with Gasteiger partial charge in [-0.3, -0.25) is 0 Å². The van der Waals surface area contributed by atoms with Crippen LogP contribution in [0.5, 0.6) is 0 Å². The summed E-state index contributed by atoms with van der Waals surface area (Å²) in [5.41, 5.74) is 2.77. The minimum absolute atomic E-state index is 0.533. The Bertz CT molecular complexity index is 329. The van der Waals surface area contributed by atoms with E-state index >= 15 is 0 Å². The maximum absolute atomic E-state index is 6.26. The number of nitrogens with one attached hydrogen (secondary N) is 1. The molecular formula is C13H18ClN.